The van der Waals surface area contributed by atoms with Crippen LogP contribution in [0.1, 0.15) is 56.9 Å². The fourth-order valence-electron chi connectivity index (χ4n) is 6.68. The first-order chi connectivity index (χ1) is 18.6. The normalized spacial score (nSPS) is 26.2. The van der Waals surface area contributed by atoms with Crippen LogP contribution < -0.4 is 4.74 Å². The number of hydrogen-bond donors (Lipinski definition) is 2. The molecule has 0 spiro atoms. The van der Waals surface area contributed by atoms with Gasteiger partial charge >= 0.3 is 5.97 Å². The molecule has 2 amide bonds. The highest BCUT2D eigenvalue weighted by Crippen LogP contribution is 2.56. The van der Waals surface area contributed by atoms with Crippen molar-refractivity contribution in [1.29, 1.82) is 0 Å². The maximum atomic E-state index is 13.7. The molecule has 1 aliphatic heterocycles. The van der Waals surface area contributed by atoms with Gasteiger partial charge in [0.2, 0.25) is 11.8 Å². The van der Waals surface area contributed by atoms with Crippen molar-refractivity contribution < 1.29 is 38.9 Å². The molecule has 0 radical (unpaired) electrons. The van der Waals surface area contributed by atoms with Gasteiger partial charge in [0.1, 0.15) is 11.5 Å². The molecule has 0 aromatic heterocycles. The molecular weight excluding hydrogens is 502 g/mol. The number of hydrogen-bond acceptors (Lipinski definition) is 7. The third-order valence-electron chi connectivity index (χ3n) is 8.45. The Morgan fingerprint density at radius 3 is 2.56 bits per heavy atom. The van der Waals surface area contributed by atoms with Gasteiger partial charge in [-0.15, -0.1) is 0 Å². The van der Waals surface area contributed by atoms with Crippen LogP contribution in [0.15, 0.2) is 52.6 Å². The number of amides is 2. The molecule has 1 aromatic rings. The molecule has 9 nitrogen and oxygen atoms in total. The number of benzene rings is 1. The van der Waals surface area contributed by atoms with Crippen LogP contribution in [-0.2, 0) is 24.0 Å². The second-order valence-corrected chi connectivity index (χ2v) is 10.7. The summed E-state index contributed by atoms with van der Waals surface area (Å²) in [6, 6.07) is 4.63. The SMILES string of the molecule is COc1cc(O)ccc1C1C2=CCC3C(=O)N(CCCCCC(=O)O)C(=O)C3C2CC2=C1C(=O)C=C(C)C2=O. The van der Waals surface area contributed by atoms with Gasteiger partial charge in [-0.05, 0) is 50.7 Å². The first-order valence-corrected chi connectivity index (χ1v) is 13.3. The van der Waals surface area contributed by atoms with Crippen molar-refractivity contribution in [3.05, 3.63) is 58.2 Å². The number of fused-ring (bicyclic) bond motifs is 3. The molecule has 1 aromatic carbocycles. The Morgan fingerprint density at radius 2 is 1.85 bits per heavy atom. The first kappa shape index (κ1) is 26.6. The van der Waals surface area contributed by atoms with Crippen LogP contribution in [0.4, 0.5) is 0 Å². The molecule has 4 aliphatic rings. The van der Waals surface area contributed by atoms with Crippen LogP contribution in [-0.4, -0.2) is 58.1 Å². The summed E-state index contributed by atoms with van der Waals surface area (Å²) in [4.78, 5) is 65.8. The van der Waals surface area contributed by atoms with Crippen LogP contribution >= 0.6 is 0 Å². The number of carbonyl (C=O) groups is 5. The molecular formula is C30H31NO8. The summed E-state index contributed by atoms with van der Waals surface area (Å²) >= 11 is 0. The van der Waals surface area contributed by atoms with Crippen molar-refractivity contribution in [1.82, 2.24) is 4.90 Å². The molecule has 0 bridgehead atoms. The topological polar surface area (TPSA) is 138 Å². The standard InChI is InChI=1S/C30H31NO8/c1-15-12-22(33)27-21(28(15)36)14-20-17(25(27)18-8-7-16(32)13-23(18)39-2)9-10-19-26(20)30(38)31(29(19)37)11-5-3-4-6-24(34)35/h7-9,12-13,19-20,25-26,32H,3-6,10-11,14H2,1-2H3,(H,34,35). The van der Waals surface area contributed by atoms with Gasteiger partial charge in [0.25, 0.3) is 0 Å². The Hall–Kier alpha value is -4.01. The number of aliphatic carboxylic acids is 1. The lowest BCUT2D eigenvalue weighted by Crippen LogP contribution is -2.40. The van der Waals surface area contributed by atoms with Gasteiger partial charge in [-0.1, -0.05) is 24.1 Å². The first-order valence-electron chi connectivity index (χ1n) is 13.3. The molecule has 39 heavy (non-hydrogen) atoms. The highest BCUT2D eigenvalue weighted by atomic mass is 16.5. The van der Waals surface area contributed by atoms with E-state index in [1.54, 1.807) is 13.0 Å². The number of phenolic OH excluding ortho intramolecular Hbond substituents is 1. The van der Waals surface area contributed by atoms with E-state index in [2.05, 4.69) is 0 Å². The van der Waals surface area contributed by atoms with Gasteiger partial charge in [0.05, 0.1) is 18.9 Å². The van der Waals surface area contributed by atoms with Crippen LogP contribution in [0.5, 0.6) is 11.5 Å². The Morgan fingerprint density at radius 1 is 1.08 bits per heavy atom. The number of carboxylic acid groups (broad SMARTS) is 1. The van der Waals surface area contributed by atoms with Crippen LogP contribution in [0.25, 0.3) is 0 Å². The smallest absolute Gasteiger partial charge is 0.303 e. The largest absolute Gasteiger partial charge is 0.508 e. The number of phenols is 1. The fraction of sp³-hybridized carbons (Fsp3) is 0.433. The molecule has 4 unspecified atom stereocenters. The van der Waals surface area contributed by atoms with Gasteiger partial charge in [-0.2, -0.15) is 0 Å². The third-order valence-corrected chi connectivity index (χ3v) is 8.45. The number of likely N-dealkylation sites (tertiary alicyclic amines) is 1. The lowest BCUT2D eigenvalue weighted by atomic mass is 9.59. The summed E-state index contributed by atoms with van der Waals surface area (Å²) in [6.45, 7) is 1.83. The molecule has 204 valence electrons. The van der Waals surface area contributed by atoms with Crippen molar-refractivity contribution in [2.45, 2.75) is 51.4 Å². The average Bonchev–Trinajstić information content (AvgIpc) is 3.15. The summed E-state index contributed by atoms with van der Waals surface area (Å²) in [6.07, 6.45) is 5.46. The molecule has 2 N–H and O–H groups in total. The van der Waals surface area contributed by atoms with Crippen molar-refractivity contribution in [2.24, 2.45) is 17.8 Å². The third kappa shape index (κ3) is 4.49. The second-order valence-electron chi connectivity index (χ2n) is 10.7. The Bertz CT molecular complexity index is 1380. The number of carbonyl (C=O) groups excluding carboxylic acids is 4. The average molecular weight is 534 g/mol. The zero-order chi connectivity index (χ0) is 28.0. The Labute approximate surface area is 225 Å². The summed E-state index contributed by atoms with van der Waals surface area (Å²) in [7, 11) is 1.46. The van der Waals surface area contributed by atoms with E-state index in [-0.39, 0.29) is 48.5 Å². The molecule has 5 rings (SSSR count). The predicted octanol–water partition coefficient (Wildman–Crippen LogP) is 3.48. The highest BCUT2D eigenvalue weighted by Gasteiger charge is 2.56. The minimum absolute atomic E-state index is 0.00722. The van der Waals surface area contributed by atoms with Crippen molar-refractivity contribution >= 4 is 29.4 Å². The number of aromatic hydroxyl groups is 1. The number of unbranched alkanes of at least 4 members (excludes halogenated alkanes) is 2. The van der Waals surface area contributed by atoms with E-state index in [0.29, 0.717) is 53.7 Å². The van der Waals surface area contributed by atoms with E-state index in [4.69, 9.17) is 9.84 Å². The van der Waals surface area contributed by atoms with E-state index < -0.39 is 29.6 Å². The number of ether oxygens (including phenoxy) is 1. The van der Waals surface area contributed by atoms with Crippen LogP contribution in [0, 0.1) is 17.8 Å². The predicted molar refractivity (Wildman–Crippen MR) is 139 cm³/mol. The molecule has 1 heterocycles. The monoisotopic (exact) mass is 533 g/mol. The maximum Gasteiger partial charge on any atom is 0.303 e. The van der Waals surface area contributed by atoms with E-state index in [1.165, 1.54) is 30.2 Å². The number of ketones is 2. The summed E-state index contributed by atoms with van der Waals surface area (Å²) in [5, 5.41) is 18.9. The number of imide groups is 1. The Kier molecular flexibility index (Phi) is 7.01. The highest BCUT2D eigenvalue weighted by molar-refractivity contribution is 6.23. The number of rotatable bonds is 8. The lowest BCUT2D eigenvalue weighted by molar-refractivity contribution is -0.141. The van der Waals surface area contributed by atoms with Gasteiger partial charge in [-0.3, -0.25) is 28.9 Å². The number of carboxylic acids is 1. The van der Waals surface area contributed by atoms with Crippen molar-refractivity contribution in [2.75, 3.05) is 13.7 Å². The molecule has 1 fully saturated rings. The summed E-state index contributed by atoms with van der Waals surface area (Å²) in [5.74, 6) is -3.82. The summed E-state index contributed by atoms with van der Waals surface area (Å²) < 4.78 is 5.56. The second kappa shape index (κ2) is 10.3. The molecule has 4 atom stereocenters. The number of Topliss-reactive ketones (excluding diaryl/α,β-unsaturated/α-hetero) is 1. The van der Waals surface area contributed by atoms with E-state index in [1.807, 2.05) is 6.08 Å². The summed E-state index contributed by atoms with van der Waals surface area (Å²) in [5.41, 5.74) is 2.50. The van der Waals surface area contributed by atoms with Crippen molar-refractivity contribution in [3.63, 3.8) is 0 Å². The lowest BCUT2D eigenvalue weighted by Gasteiger charge is -2.42. The van der Waals surface area contributed by atoms with Gasteiger partial charge in [0.15, 0.2) is 11.6 Å². The van der Waals surface area contributed by atoms with Gasteiger partial charge < -0.3 is 14.9 Å². The number of allylic oxidation sites excluding steroid dienone is 6. The zero-order valence-corrected chi connectivity index (χ0v) is 21.9. The maximum absolute atomic E-state index is 13.7. The van der Waals surface area contributed by atoms with E-state index in [0.717, 1.165) is 5.57 Å². The fourth-order valence-corrected chi connectivity index (χ4v) is 6.68. The molecule has 1 saturated heterocycles. The van der Waals surface area contributed by atoms with Crippen LogP contribution in [0.3, 0.4) is 0 Å². The quantitative estimate of drug-likeness (QED) is 0.224. The molecule has 3 aliphatic carbocycles. The van der Waals surface area contributed by atoms with Crippen molar-refractivity contribution in [3.8, 4) is 11.5 Å². The minimum Gasteiger partial charge on any atom is -0.508 e. The molecule has 9 heteroatoms. The van der Waals surface area contributed by atoms with Gasteiger partial charge in [-0.25, -0.2) is 0 Å². The minimum atomic E-state index is -0.875. The Balaban J connectivity index is 1.52. The molecule has 0 saturated carbocycles. The number of nitrogens with zero attached hydrogens (tertiary/aromatic N) is 1. The number of methoxy groups -OCH3 is 1. The van der Waals surface area contributed by atoms with E-state index >= 15 is 0 Å². The zero-order valence-electron chi connectivity index (χ0n) is 21.9. The van der Waals surface area contributed by atoms with Gasteiger partial charge in [0, 0.05) is 47.2 Å². The van der Waals surface area contributed by atoms with E-state index in [9.17, 15) is 29.1 Å². The van der Waals surface area contributed by atoms with Crippen LogP contribution in [0.2, 0.25) is 0 Å².